The molecule has 3 rings (SSSR count). The third-order valence-corrected chi connectivity index (χ3v) is 4.46. The van der Waals surface area contributed by atoms with Crippen molar-refractivity contribution in [2.24, 2.45) is 5.92 Å². The van der Waals surface area contributed by atoms with Crippen molar-refractivity contribution < 1.29 is 14.3 Å². The summed E-state index contributed by atoms with van der Waals surface area (Å²) in [5, 5.41) is 3.66. The van der Waals surface area contributed by atoms with E-state index in [4.69, 9.17) is 4.74 Å². The van der Waals surface area contributed by atoms with Gasteiger partial charge in [0.25, 0.3) is 5.91 Å². The van der Waals surface area contributed by atoms with Gasteiger partial charge in [0.1, 0.15) is 11.4 Å². The summed E-state index contributed by atoms with van der Waals surface area (Å²) in [6.45, 7) is 1.21. The number of carbonyl (C=O) groups is 2. The molecule has 0 radical (unpaired) electrons. The van der Waals surface area contributed by atoms with Gasteiger partial charge in [0, 0.05) is 43.0 Å². The first kappa shape index (κ1) is 15.4. The van der Waals surface area contributed by atoms with E-state index in [1.54, 1.807) is 19.1 Å². The Morgan fingerprint density at radius 3 is 2.65 bits per heavy atom. The number of ether oxygens (including phenoxy) is 1. The monoisotopic (exact) mass is 315 g/mol. The highest BCUT2D eigenvalue weighted by atomic mass is 16.5. The summed E-state index contributed by atoms with van der Waals surface area (Å²) < 4.78 is 5.20. The van der Waals surface area contributed by atoms with Gasteiger partial charge in [-0.25, -0.2) is 0 Å². The number of nitrogens with one attached hydrogen (secondary N) is 2. The van der Waals surface area contributed by atoms with Gasteiger partial charge in [-0.3, -0.25) is 9.59 Å². The molecule has 1 aromatic heterocycles. The Bertz CT molecular complexity index is 730. The van der Waals surface area contributed by atoms with Gasteiger partial charge in [0.15, 0.2) is 0 Å². The molecule has 0 spiro atoms. The van der Waals surface area contributed by atoms with Crippen LogP contribution in [-0.4, -0.2) is 48.9 Å². The number of piperidine rings is 1. The zero-order chi connectivity index (χ0) is 16.4. The third-order valence-electron chi connectivity index (χ3n) is 4.46. The number of likely N-dealkylation sites (tertiary alicyclic amines) is 1. The summed E-state index contributed by atoms with van der Waals surface area (Å²) in [5.41, 5.74) is 1.46. The molecule has 0 atom stereocenters. The predicted molar refractivity (Wildman–Crippen MR) is 87.5 cm³/mol. The molecule has 1 fully saturated rings. The average molecular weight is 315 g/mol. The van der Waals surface area contributed by atoms with Crippen LogP contribution in [-0.2, 0) is 4.79 Å². The van der Waals surface area contributed by atoms with Crippen molar-refractivity contribution in [2.75, 3.05) is 27.2 Å². The van der Waals surface area contributed by atoms with Crippen molar-refractivity contribution in [1.82, 2.24) is 15.2 Å². The molecule has 0 aliphatic carbocycles. The van der Waals surface area contributed by atoms with E-state index in [2.05, 4.69) is 10.3 Å². The van der Waals surface area contributed by atoms with E-state index in [0.717, 1.165) is 16.7 Å². The first-order valence-corrected chi connectivity index (χ1v) is 7.80. The number of carbonyl (C=O) groups excluding carboxylic acids is 2. The lowest BCUT2D eigenvalue weighted by atomic mass is 9.96. The Balaban J connectivity index is 1.72. The van der Waals surface area contributed by atoms with Crippen LogP contribution >= 0.6 is 0 Å². The third kappa shape index (κ3) is 3.02. The average Bonchev–Trinajstić information content (AvgIpc) is 3.03. The van der Waals surface area contributed by atoms with Crippen molar-refractivity contribution in [1.29, 1.82) is 0 Å². The van der Waals surface area contributed by atoms with Crippen LogP contribution in [0.4, 0.5) is 0 Å². The molecule has 1 aliphatic rings. The van der Waals surface area contributed by atoms with Crippen LogP contribution < -0.4 is 10.1 Å². The molecule has 2 heterocycles. The highest BCUT2D eigenvalue weighted by Gasteiger charge is 2.27. The van der Waals surface area contributed by atoms with Crippen molar-refractivity contribution >= 4 is 22.7 Å². The smallest absolute Gasteiger partial charge is 0.270 e. The van der Waals surface area contributed by atoms with E-state index < -0.39 is 0 Å². The Morgan fingerprint density at radius 2 is 2.00 bits per heavy atom. The fourth-order valence-electron chi connectivity index (χ4n) is 3.07. The quantitative estimate of drug-likeness (QED) is 0.906. The lowest BCUT2D eigenvalue weighted by molar-refractivity contribution is -0.125. The van der Waals surface area contributed by atoms with E-state index in [1.807, 2.05) is 24.3 Å². The fourth-order valence-corrected chi connectivity index (χ4v) is 3.07. The summed E-state index contributed by atoms with van der Waals surface area (Å²) in [4.78, 5) is 29.3. The first-order chi connectivity index (χ1) is 11.1. The maximum absolute atomic E-state index is 12.6. The SMILES string of the molecule is CNC(=O)C1CCN(C(=O)c2cc3ccc(OC)cc3[nH]2)CC1. The van der Waals surface area contributed by atoms with Crippen molar-refractivity contribution in [3.05, 3.63) is 30.0 Å². The van der Waals surface area contributed by atoms with Gasteiger partial charge in [-0.1, -0.05) is 0 Å². The van der Waals surface area contributed by atoms with Crippen LogP contribution in [0.3, 0.4) is 0 Å². The van der Waals surface area contributed by atoms with Crippen LogP contribution in [0.2, 0.25) is 0 Å². The second kappa shape index (κ2) is 6.32. The number of H-pyrrole nitrogens is 1. The summed E-state index contributed by atoms with van der Waals surface area (Å²) in [7, 11) is 3.27. The van der Waals surface area contributed by atoms with Crippen LogP contribution in [0.5, 0.6) is 5.75 Å². The number of rotatable bonds is 3. The minimum absolute atomic E-state index is 0.0102. The van der Waals surface area contributed by atoms with Gasteiger partial charge in [-0.2, -0.15) is 0 Å². The normalized spacial score (nSPS) is 15.7. The van der Waals surface area contributed by atoms with E-state index in [0.29, 0.717) is 31.6 Å². The van der Waals surface area contributed by atoms with Gasteiger partial charge in [-0.15, -0.1) is 0 Å². The van der Waals surface area contributed by atoms with Crippen molar-refractivity contribution in [3.8, 4) is 5.75 Å². The molecule has 2 amide bonds. The molecular weight excluding hydrogens is 294 g/mol. The summed E-state index contributed by atoms with van der Waals surface area (Å²) in [6.07, 6.45) is 1.42. The number of methoxy groups -OCH3 is 1. The lowest BCUT2D eigenvalue weighted by Crippen LogP contribution is -2.42. The van der Waals surface area contributed by atoms with E-state index in [9.17, 15) is 9.59 Å². The zero-order valence-electron chi connectivity index (χ0n) is 13.4. The van der Waals surface area contributed by atoms with Gasteiger partial charge in [-0.05, 0) is 31.0 Å². The zero-order valence-corrected chi connectivity index (χ0v) is 13.4. The number of hydrogen-bond acceptors (Lipinski definition) is 3. The Hall–Kier alpha value is -2.50. The topological polar surface area (TPSA) is 74.4 Å². The Labute approximate surface area is 134 Å². The van der Waals surface area contributed by atoms with E-state index >= 15 is 0 Å². The number of nitrogens with zero attached hydrogens (tertiary/aromatic N) is 1. The largest absolute Gasteiger partial charge is 0.497 e. The van der Waals surface area contributed by atoms with Crippen molar-refractivity contribution in [2.45, 2.75) is 12.8 Å². The maximum Gasteiger partial charge on any atom is 0.270 e. The number of hydrogen-bond donors (Lipinski definition) is 2. The minimum atomic E-state index is -0.0180. The van der Waals surface area contributed by atoms with Gasteiger partial charge < -0.3 is 19.9 Å². The molecule has 1 saturated heterocycles. The van der Waals surface area contributed by atoms with Gasteiger partial charge in [0.2, 0.25) is 5.91 Å². The molecule has 23 heavy (non-hydrogen) atoms. The Morgan fingerprint density at radius 1 is 1.26 bits per heavy atom. The van der Waals surface area contributed by atoms with Crippen LogP contribution in [0.15, 0.2) is 24.3 Å². The lowest BCUT2D eigenvalue weighted by Gasteiger charge is -2.30. The fraction of sp³-hybridized carbons (Fsp3) is 0.412. The van der Waals surface area contributed by atoms with Crippen LogP contribution in [0.1, 0.15) is 23.3 Å². The van der Waals surface area contributed by atoms with Crippen LogP contribution in [0.25, 0.3) is 10.9 Å². The predicted octanol–water partition coefficient (Wildman–Crippen LogP) is 1.77. The molecular formula is C17H21N3O3. The summed E-state index contributed by atoms with van der Waals surface area (Å²) in [5.74, 6) is 0.811. The maximum atomic E-state index is 12.6. The van der Waals surface area contributed by atoms with Crippen LogP contribution in [0, 0.1) is 5.92 Å². The number of aromatic amines is 1. The minimum Gasteiger partial charge on any atom is -0.497 e. The van der Waals surface area contributed by atoms with Crippen molar-refractivity contribution in [3.63, 3.8) is 0 Å². The highest BCUT2D eigenvalue weighted by Crippen LogP contribution is 2.23. The van der Waals surface area contributed by atoms with E-state index in [1.165, 1.54) is 0 Å². The highest BCUT2D eigenvalue weighted by molar-refractivity contribution is 5.98. The van der Waals surface area contributed by atoms with Gasteiger partial charge in [0.05, 0.1) is 7.11 Å². The van der Waals surface area contributed by atoms with Gasteiger partial charge >= 0.3 is 0 Å². The molecule has 122 valence electrons. The first-order valence-electron chi connectivity index (χ1n) is 7.80. The second-order valence-electron chi connectivity index (χ2n) is 5.82. The molecule has 1 aliphatic heterocycles. The molecule has 2 N–H and O–H groups in total. The summed E-state index contributed by atoms with van der Waals surface area (Å²) in [6, 6.07) is 7.55. The second-order valence-corrected chi connectivity index (χ2v) is 5.82. The number of fused-ring (bicyclic) bond motifs is 1. The number of aromatic nitrogens is 1. The molecule has 6 heteroatoms. The molecule has 0 unspecified atom stereocenters. The number of amides is 2. The molecule has 2 aromatic rings. The van der Waals surface area contributed by atoms with E-state index in [-0.39, 0.29) is 17.7 Å². The molecule has 6 nitrogen and oxygen atoms in total. The standard InChI is InChI=1S/C17H21N3O3/c1-18-16(21)11-5-7-20(8-6-11)17(22)15-9-12-3-4-13(23-2)10-14(12)19-15/h3-4,9-11,19H,5-8H2,1-2H3,(H,18,21). The molecule has 0 saturated carbocycles. The Kier molecular flexibility index (Phi) is 4.23. The molecule has 1 aromatic carbocycles. The number of benzene rings is 1. The summed E-state index contributed by atoms with van der Waals surface area (Å²) >= 11 is 0. The molecule has 0 bridgehead atoms.